The predicted octanol–water partition coefficient (Wildman–Crippen LogP) is 1.90. The number of aromatic nitrogens is 1. The maximum absolute atomic E-state index is 12.6. The molecule has 1 aromatic rings. The first kappa shape index (κ1) is 24.1. The number of hydrogen-bond acceptors (Lipinski definition) is 5. The molecule has 2 fully saturated rings. The second kappa shape index (κ2) is 11.8. The van der Waals surface area contributed by atoms with Gasteiger partial charge >= 0.3 is 0 Å². The summed E-state index contributed by atoms with van der Waals surface area (Å²) >= 11 is 0. The molecule has 27 heavy (non-hydrogen) atoms. The monoisotopic (exact) mass is 418 g/mol. The first-order valence-corrected chi connectivity index (χ1v) is 9.42. The van der Waals surface area contributed by atoms with Gasteiger partial charge < -0.3 is 20.3 Å². The van der Waals surface area contributed by atoms with Crippen LogP contribution in [0.1, 0.15) is 31.4 Å². The number of rotatable bonds is 6. The Morgan fingerprint density at radius 3 is 2.59 bits per heavy atom. The lowest BCUT2D eigenvalue weighted by atomic mass is 10.0. The summed E-state index contributed by atoms with van der Waals surface area (Å²) in [5.41, 5.74) is 6.78. The van der Waals surface area contributed by atoms with E-state index in [4.69, 9.17) is 10.5 Å². The van der Waals surface area contributed by atoms with Crippen molar-refractivity contribution in [1.29, 1.82) is 0 Å². The number of likely N-dealkylation sites (tertiary alicyclic amines) is 1. The van der Waals surface area contributed by atoms with E-state index in [1.54, 1.807) is 0 Å². The van der Waals surface area contributed by atoms with Gasteiger partial charge in [-0.05, 0) is 37.8 Å². The van der Waals surface area contributed by atoms with Crippen LogP contribution in [0.3, 0.4) is 0 Å². The van der Waals surface area contributed by atoms with Crippen molar-refractivity contribution < 1.29 is 9.53 Å². The molecule has 3 rings (SSSR count). The first-order chi connectivity index (χ1) is 12.2. The number of nitrogens with two attached hydrogens (primary N) is 1. The zero-order chi connectivity index (χ0) is 17.6. The molecule has 0 spiro atoms. The number of nitrogens with zero attached hydrogens (tertiary/aromatic N) is 3. The Morgan fingerprint density at radius 1 is 1.26 bits per heavy atom. The first-order valence-electron chi connectivity index (χ1n) is 9.42. The molecule has 8 heteroatoms. The highest BCUT2D eigenvalue weighted by atomic mass is 35.5. The van der Waals surface area contributed by atoms with Crippen LogP contribution in [-0.4, -0.2) is 72.2 Å². The Kier molecular flexibility index (Phi) is 10.6. The molecule has 0 aliphatic carbocycles. The lowest BCUT2D eigenvalue weighted by Crippen LogP contribution is -2.48. The van der Waals surface area contributed by atoms with Crippen LogP contribution in [0.25, 0.3) is 0 Å². The molecule has 2 aliphatic rings. The summed E-state index contributed by atoms with van der Waals surface area (Å²) in [5, 5.41) is 0. The Hall–Kier alpha value is -0.920. The van der Waals surface area contributed by atoms with Crippen molar-refractivity contribution in [2.45, 2.75) is 50.4 Å². The highest BCUT2D eigenvalue weighted by Gasteiger charge is 2.34. The maximum atomic E-state index is 12.6. The molecule has 0 bridgehead atoms. The second-order valence-corrected chi connectivity index (χ2v) is 7.15. The molecular formula is C19H32Cl2N4O2. The van der Waals surface area contributed by atoms with Crippen molar-refractivity contribution in [2.75, 3.05) is 33.2 Å². The molecule has 0 aromatic carbocycles. The summed E-state index contributed by atoms with van der Waals surface area (Å²) in [5.74, 6) is 0.128. The minimum absolute atomic E-state index is 0. The number of amides is 1. The van der Waals surface area contributed by atoms with Crippen LogP contribution < -0.4 is 5.73 Å². The second-order valence-electron chi connectivity index (χ2n) is 7.15. The Morgan fingerprint density at radius 2 is 2.00 bits per heavy atom. The number of piperidine rings is 1. The number of pyridine rings is 1. The van der Waals surface area contributed by atoms with Gasteiger partial charge in [0.2, 0.25) is 0 Å². The van der Waals surface area contributed by atoms with Crippen molar-refractivity contribution in [1.82, 2.24) is 14.8 Å². The van der Waals surface area contributed by atoms with Crippen LogP contribution in [-0.2, 0) is 16.0 Å². The van der Waals surface area contributed by atoms with Crippen LogP contribution >= 0.6 is 24.8 Å². The largest absolute Gasteiger partial charge is 0.364 e. The van der Waals surface area contributed by atoms with E-state index >= 15 is 0 Å². The quantitative estimate of drug-likeness (QED) is 0.763. The van der Waals surface area contributed by atoms with Gasteiger partial charge in [0.15, 0.2) is 0 Å². The third-order valence-electron chi connectivity index (χ3n) is 5.51. The highest BCUT2D eigenvalue weighted by molar-refractivity contribution is 5.85. The van der Waals surface area contributed by atoms with Crippen molar-refractivity contribution >= 4 is 30.7 Å². The van der Waals surface area contributed by atoms with E-state index in [-0.39, 0.29) is 42.9 Å². The highest BCUT2D eigenvalue weighted by Crippen LogP contribution is 2.23. The Balaban J connectivity index is 0.00000182. The zero-order valence-electron chi connectivity index (χ0n) is 16.0. The molecule has 2 N–H and O–H groups in total. The van der Waals surface area contributed by atoms with E-state index in [9.17, 15) is 4.79 Å². The molecule has 0 saturated carbocycles. The normalized spacial score (nSPS) is 23.3. The fourth-order valence-corrected chi connectivity index (χ4v) is 3.82. The summed E-state index contributed by atoms with van der Waals surface area (Å²) in [6.45, 7) is 3.60. The number of halogens is 2. The molecule has 1 aromatic heterocycles. The third-order valence-corrected chi connectivity index (χ3v) is 5.51. The van der Waals surface area contributed by atoms with Gasteiger partial charge in [-0.25, -0.2) is 0 Å². The lowest BCUT2D eigenvalue weighted by Gasteiger charge is -2.37. The molecule has 6 nitrogen and oxygen atoms in total. The summed E-state index contributed by atoms with van der Waals surface area (Å²) in [6.07, 6.45) is 6.34. The Labute approximate surface area is 174 Å². The van der Waals surface area contributed by atoms with E-state index < -0.39 is 0 Å². The van der Waals surface area contributed by atoms with Crippen LogP contribution in [0.15, 0.2) is 24.4 Å². The average molecular weight is 419 g/mol. The van der Waals surface area contributed by atoms with E-state index in [1.165, 1.54) is 0 Å². The summed E-state index contributed by atoms with van der Waals surface area (Å²) in [4.78, 5) is 21.4. The van der Waals surface area contributed by atoms with Crippen LogP contribution in [0.5, 0.6) is 0 Å². The van der Waals surface area contributed by atoms with E-state index in [0.717, 1.165) is 57.4 Å². The zero-order valence-corrected chi connectivity index (χ0v) is 17.6. The van der Waals surface area contributed by atoms with Gasteiger partial charge in [-0.15, -0.1) is 24.8 Å². The minimum Gasteiger partial charge on any atom is -0.364 e. The van der Waals surface area contributed by atoms with Gasteiger partial charge in [-0.3, -0.25) is 9.78 Å². The lowest BCUT2D eigenvalue weighted by molar-refractivity contribution is -0.144. The predicted molar refractivity (Wildman–Crippen MR) is 112 cm³/mol. The molecule has 2 aliphatic heterocycles. The van der Waals surface area contributed by atoms with Gasteiger partial charge in [0, 0.05) is 57.6 Å². The maximum Gasteiger partial charge on any atom is 0.251 e. The van der Waals surface area contributed by atoms with Gasteiger partial charge in [0.25, 0.3) is 5.91 Å². The molecule has 3 heterocycles. The van der Waals surface area contributed by atoms with Crippen LogP contribution in [0.2, 0.25) is 0 Å². The number of likely N-dealkylation sites (N-methyl/N-ethyl adjacent to an activating group) is 1. The van der Waals surface area contributed by atoms with E-state index in [2.05, 4.69) is 16.0 Å². The fourth-order valence-electron chi connectivity index (χ4n) is 3.82. The molecule has 154 valence electrons. The van der Waals surface area contributed by atoms with E-state index in [1.807, 2.05) is 30.3 Å². The molecule has 2 atom stereocenters. The summed E-state index contributed by atoms with van der Waals surface area (Å²) in [6, 6.07) is 6.38. The van der Waals surface area contributed by atoms with E-state index in [0.29, 0.717) is 12.6 Å². The molecule has 1 amide bonds. The molecular weight excluding hydrogens is 387 g/mol. The summed E-state index contributed by atoms with van der Waals surface area (Å²) in [7, 11) is 1.93. The summed E-state index contributed by atoms with van der Waals surface area (Å²) < 4.78 is 5.76. The molecule has 0 unspecified atom stereocenters. The van der Waals surface area contributed by atoms with Gasteiger partial charge in [-0.1, -0.05) is 6.07 Å². The number of carbonyl (C=O) groups excluding carboxylic acids is 1. The van der Waals surface area contributed by atoms with Gasteiger partial charge in [0.1, 0.15) is 6.10 Å². The SMILES string of the molecule is CN(C(=O)[C@@H]1CC[C@H](CN)O1)C1CCN(CCc2ccccn2)CC1.Cl.Cl. The van der Waals surface area contributed by atoms with Crippen molar-refractivity contribution in [2.24, 2.45) is 5.73 Å². The van der Waals surface area contributed by atoms with Crippen LogP contribution in [0, 0.1) is 0 Å². The van der Waals surface area contributed by atoms with Crippen molar-refractivity contribution in [3.8, 4) is 0 Å². The van der Waals surface area contributed by atoms with Gasteiger partial charge in [-0.2, -0.15) is 0 Å². The molecule has 0 radical (unpaired) electrons. The third kappa shape index (κ3) is 6.57. The van der Waals surface area contributed by atoms with Crippen molar-refractivity contribution in [3.63, 3.8) is 0 Å². The number of ether oxygens (including phenoxy) is 1. The smallest absolute Gasteiger partial charge is 0.251 e. The van der Waals surface area contributed by atoms with Crippen molar-refractivity contribution in [3.05, 3.63) is 30.1 Å². The minimum atomic E-state index is -0.291. The standard InChI is InChI=1S/C19H30N4O2.2ClH/c1-22(19(24)18-6-5-17(14-20)25-18)16-8-12-23(13-9-16)11-7-15-4-2-3-10-21-15;;/h2-4,10,16-18H,5-9,11-14,20H2,1H3;2*1H/t17-,18+;;/m1../s1. The molecule has 2 saturated heterocycles. The van der Waals surface area contributed by atoms with Gasteiger partial charge in [0.05, 0.1) is 6.10 Å². The Bertz CT molecular complexity index is 556. The average Bonchev–Trinajstić information content (AvgIpc) is 3.16. The fraction of sp³-hybridized carbons (Fsp3) is 0.684. The number of carbonyl (C=O) groups is 1. The van der Waals surface area contributed by atoms with Crippen LogP contribution in [0.4, 0.5) is 0 Å². The number of hydrogen-bond donors (Lipinski definition) is 1. The topological polar surface area (TPSA) is 71.7 Å².